The van der Waals surface area contributed by atoms with E-state index < -0.39 is 6.10 Å². The SMILES string of the molecule is O=C(N[C@H]1C[C@@H](O)[C@@H]1n1cccn1)c1ccccc1-n1ccnn1. The van der Waals surface area contributed by atoms with Crippen LogP contribution in [0.2, 0.25) is 0 Å². The monoisotopic (exact) mass is 324 g/mol. The van der Waals surface area contributed by atoms with Crippen LogP contribution in [0, 0.1) is 0 Å². The predicted molar refractivity (Wildman–Crippen MR) is 84.5 cm³/mol. The summed E-state index contributed by atoms with van der Waals surface area (Å²) >= 11 is 0. The van der Waals surface area contributed by atoms with E-state index in [9.17, 15) is 9.90 Å². The number of benzene rings is 1. The Hall–Kier alpha value is -3.00. The maximum Gasteiger partial charge on any atom is 0.253 e. The zero-order valence-corrected chi connectivity index (χ0v) is 12.7. The van der Waals surface area contributed by atoms with E-state index in [-0.39, 0.29) is 18.0 Å². The molecule has 2 aromatic heterocycles. The first-order valence-electron chi connectivity index (χ1n) is 7.68. The molecule has 1 aliphatic carbocycles. The van der Waals surface area contributed by atoms with Gasteiger partial charge in [-0.15, -0.1) is 5.10 Å². The van der Waals surface area contributed by atoms with Gasteiger partial charge in [-0.3, -0.25) is 9.48 Å². The topological polar surface area (TPSA) is 97.9 Å². The minimum atomic E-state index is -0.513. The summed E-state index contributed by atoms with van der Waals surface area (Å²) in [5.74, 6) is -0.213. The Morgan fingerprint density at radius 3 is 2.79 bits per heavy atom. The molecule has 1 saturated carbocycles. The molecule has 1 amide bonds. The van der Waals surface area contributed by atoms with Crippen LogP contribution < -0.4 is 5.32 Å². The van der Waals surface area contributed by atoms with Crippen molar-refractivity contribution in [2.45, 2.75) is 24.6 Å². The van der Waals surface area contributed by atoms with Crippen molar-refractivity contribution in [1.82, 2.24) is 30.1 Å². The molecule has 3 atom stereocenters. The van der Waals surface area contributed by atoms with E-state index in [1.807, 2.05) is 12.1 Å². The largest absolute Gasteiger partial charge is 0.391 e. The molecule has 0 bridgehead atoms. The van der Waals surface area contributed by atoms with E-state index in [0.29, 0.717) is 17.7 Å². The van der Waals surface area contributed by atoms with Crippen LogP contribution in [0.15, 0.2) is 55.1 Å². The molecule has 0 spiro atoms. The number of hydrogen-bond acceptors (Lipinski definition) is 5. The molecule has 24 heavy (non-hydrogen) atoms. The minimum absolute atomic E-state index is 0.170. The summed E-state index contributed by atoms with van der Waals surface area (Å²) in [5.41, 5.74) is 1.16. The van der Waals surface area contributed by atoms with Gasteiger partial charge in [0.1, 0.15) is 0 Å². The lowest BCUT2D eigenvalue weighted by Gasteiger charge is -2.41. The zero-order chi connectivity index (χ0) is 16.5. The molecule has 8 nitrogen and oxygen atoms in total. The van der Waals surface area contributed by atoms with Crippen molar-refractivity contribution in [2.24, 2.45) is 0 Å². The van der Waals surface area contributed by atoms with Crippen molar-refractivity contribution in [3.8, 4) is 5.69 Å². The van der Waals surface area contributed by atoms with E-state index in [1.54, 1.807) is 52.4 Å². The molecule has 122 valence electrons. The van der Waals surface area contributed by atoms with Gasteiger partial charge in [0.15, 0.2) is 0 Å². The van der Waals surface area contributed by atoms with Gasteiger partial charge in [0.2, 0.25) is 0 Å². The predicted octanol–water partition coefficient (Wildman–Crippen LogP) is 0.568. The first-order chi connectivity index (χ1) is 11.7. The van der Waals surface area contributed by atoms with Gasteiger partial charge in [-0.2, -0.15) is 5.10 Å². The summed E-state index contributed by atoms with van der Waals surface area (Å²) in [6.07, 6.45) is 6.68. The molecule has 0 radical (unpaired) electrons. The van der Waals surface area contributed by atoms with E-state index in [0.717, 1.165) is 0 Å². The van der Waals surface area contributed by atoms with Crippen molar-refractivity contribution in [2.75, 3.05) is 0 Å². The fourth-order valence-electron chi connectivity index (χ4n) is 3.02. The number of nitrogens with zero attached hydrogens (tertiary/aromatic N) is 5. The van der Waals surface area contributed by atoms with Crippen molar-refractivity contribution in [1.29, 1.82) is 0 Å². The number of carbonyl (C=O) groups is 1. The number of amides is 1. The fourth-order valence-corrected chi connectivity index (χ4v) is 3.02. The average molecular weight is 324 g/mol. The van der Waals surface area contributed by atoms with E-state index >= 15 is 0 Å². The van der Waals surface area contributed by atoms with E-state index in [2.05, 4.69) is 20.7 Å². The summed E-state index contributed by atoms with van der Waals surface area (Å²) in [4.78, 5) is 12.7. The second-order valence-electron chi connectivity index (χ2n) is 5.72. The van der Waals surface area contributed by atoms with Crippen LogP contribution in [0.25, 0.3) is 5.69 Å². The van der Waals surface area contributed by atoms with Crippen molar-refractivity contribution < 1.29 is 9.90 Å². The molecule has 1 fully saturated rings. The highest BCUT2D eigenvalue weighted by atomic mass is 16.3. The summed E-state index contributed by atoms with van der Waals surface area (Å²) < 4.78 is 3.23. The third kappa shape index (κ3) is 2.46. The Morgan fingerprint density at radius 1 is 1.21 bits per heavy atom. The smallest absolute Gasteiger partial charge is 0.253 e. The zero-order valence-electron chi connectivity index (χ0n) is 12.7. The standard InChI is InChI=1S/C16H16N6O2/c23-14-10-12(15(14)22-8-3-6-18-22)19-16(24)11-4-1-2-5-13(11)21-9-7-17-20-21/h1-9,12,14-15,23H,10H2,(H,19,24)/t12-,14+,15+/m0/s1. The Balaban J connectivity index is 1.56. The maximum absolute atomic E-state index is 12.7. The number of hydrogen-bond donors (Lipinski definition) is 2. The third-order valence-electron chi connectivity index (χ3n) is 4.27. The lowest BCUT2D eigenvalue weighted by atomic mass is 9.83. The summed E-state index contributed by atoms with van der Waals surface area (Å²) in [5, 5.41) is 24.9. The quantitative estimate of drug-likeness (QED) is 0.731. The molecule has 1 aliphatic rings. The normalized spacial score (nSPS) is 22.8. The highest BCUT2D eigenvalue weighted by Crippen LogP contribution is 2.32. The highest BCUT2D eigenvalue weighted by molar-refractivity contribution is 5.98. The molecule has 0 aliphatic heterocycles. The Labute approximate surface area is 137 Å². The van der Waals surface area contributed by atoms with Crippen molar-refractivity contribution in [3.05, 3.63) is 60.7 Å². The molecule has 4 rings (SSSR count). The van der Waals surface area contributed by atoms with Crippen molar-refractivity contribution >= 4 is 5.91 Å². The van der Waals surface area contributed by atoms with Crippen LogP contribution in [-0.4, -0.2) is 47.9 Å². The van der Waals surface area contributed by atoms with Gasteiger partial charge in [0.25, 0.3) is 5.91 Å². The van der Waals surface area contributed by atoms with Crippen molar-refractivity contribution in [3.63, 3.8) is 0 Å². The van der Waals surface area contributed by atoms with Gasteiger partial charge in [0, 0.05) is 12.4 Å². The average Bonchev–Trinajstić information content (AvgIpc) is 3.28. The van der Waals surface area contributed by atoms with Crippen LogP contribution in [0.4, 0.5) is 0 Å². The first-order valence-corrected chi connectivity index (χ1v) is 7.68. The van der Waals surface area contributed by atoms with Gasteiger partial charge in [-0.05, 0) is 24.6 Å². The van der Waals surface area contributed by atoms with Crippen LogP contribution in [0.5, 0.6) is 0 Å². The molecule has 0 saturated heterocycles. The first kappa shape index (κ1) is 14.6. The molecule has 8 heteroatoms. The number of rotatable bonds is 4. The van der Waals surface area contributed by atoms with Gasteiger partial charge in [-0.25, -0.2) is 4.68 Å². The number of aromatic nitrogens is 5. The molecule has 0 unspecified atom stereocenters. The van der Waals surface area contributed by atoms with Gasteiger partial charge in [-0.1, -0.05) is 17.3 Å². The number of aliphatic hydroxyl groups excluding tert-OH is 1. The fraction of sp³-hybridized carbons (Fsp3) is 0.250. The molecular formula is C16H16N6O2. The summed E-state index contributed by atoms with van der Waals surface area (Å²) in [6.45, 7) is 0. The Bertz CT molecular complexity index is 830. The van der Waals surface area contributed by atoms with Crippen LogP contribution >= 0.6 is 0 Å². The van der Waals surface area contributed by atoms with E-state index in [4.69, 9.17) is 0 Å². The summed E-state index contributed by atoms with van der Waals surface area (Å²) in [7, 11) is 0. The Kier molecular flexibility index (Phi) is 3.58. The number of nitrogens with one attached hydrogen (secondary N) is 1. The second kappa shape index (κ2) is 5.89. The van der Waals surface area contributed by atoms with Crippen LogP contribution in [0.1, 0.15) is 22.8 Å². The number of para-hydroxylation sites is 1. The Morgan fingerprint density at radius 2 is 2.08 bits per heavy atom. The van der Waals surface area contributed by atoms with Gasteiger partial charge >= 0.3 is 0 Å². The highest BCUT2D eigenvalue weighted by Gasteiger charge is 2.42. The second-order valence-corrected chi connectivity index (χ2v) is 5.72. The van der Waals surface area contributed by atoms with E-state index in [1.165, 1.54) is 0 Å². The molecule has 2 N–H and O–H groups in total. The lowest BCUT2D eigenvalue weighted by molar-refractivity contribution is -0.00588. The molecule has 1 aromatic carbocycles. The van der Waals surface area contributed by atoms with Gasteiger partial charge in [0.05, 0.1) is 41.8 Å². The molecule has 2 heterocycles. The molecular weight excluding hydrogens is 308 g/mol. The van der Waals surface area contributed by atoms with Gasteiger partial charge < -0.3 is 10.4 Å². The van der Waals surface area contributed by atoms with Crippen LogP contribution in [-0.2, 0) is 0 Å². The molecule has 3 aromatic rings. The number of aliphatic hydroxyl groups is 1. The number of carbonyl (C=O) groups excluding carboxylic acids is 1. The minimum Gasteiger partial charge on any atom is -0.391 e. The lowest BCUT2D eigenvalue weighted by Crippen LogP contribution is -2.56. The third-order valence-corrected chi connectivity index (χ3v) is 4.27. The van der Waals surface area contributed by atoms with Crippen LogP contribution in [0.3, 0.4) is 0 Å². The summed E-state index contributed by atoms with van der Waals surface area (Å²) in [6, 6.07) is 8.57. The maximum atomic E-state index is 12.7.